The van der Waals surface area contributed by atoms with Gasteiger partial charge in [0, 0.05) is 13.1 Å². The van der Waals surface area contributed by atoms with Crippen molar-refractivity contribution in [3.8, 4) is 0 Å². The maximum Gasteiger partial charge on any atom is 0.433 e. The van der Waals surface area contributed by atoms with Crippen LogP contribution in [0, 0.1) is 6.92 Å². The molecule has 138 valence electrons. The lowest BCUT2D eigenvalue weighted by atomic mass is 10.1. The van der Waals surface area contributed by atoms with Crippen LogP contribution in [-0.2, 0) is 17.4 Å². The van der Waals surface area contributed by atoms with Crippen molar-refractivity contribution in [2.24, 2.45) is 0 Å². The van der Waals surface area contributed by atoms with Gasteiger partial charge in [0.25, 0.3) is 5.91 Å². The maximum atomic E-state index is 12.6. The van der Waals surface area contributed by atoms with Crippen molar-refractivity contribution in [2.75, 3.05) is 13.1 Å². The minimum absolute atomic E-state index is 0.00885. The van der Waals surface area contributed by atoms with Gasteiger partial charge in [-0.15, -0.1) is 0 Å². The lowest BCUT2D eigenvalue weighted by Crippen LogP contribution is -2.35. The van der Waals surface area contributed by atoms with Gasteiger partial charge in [-0.1, -0.05) is 30.3 Å². The van der Waals surface area contributed by atoms with Crippen LogP contribution in [0.3, 0.4) is 0 Å². The Hall–Kier alpha value is -2.90. The molecule has 2 N–H and O–H groups in total. The van der Waals surface area contributed by atoms with Crippen LogP contribution in [0.25, 0.3) is 0 Å². The molecule has 0 saturated heterocycles. The number of halogens is 3. The van der Waals surface area contributed by atoms with Crippen molar-refractivity contribution in [1.29, 1.82) is 0 Å². The predicted octanol–water partition coefficient (Wildman–Crippen LogP) is 2.50. The highest BCUT2D eigenvalue weighted by molar-refractivity contribution is 5.95. The van der Waals surface area contributed by atoms with E-state index >= 15 is 0 Å². The number of pyridine rings is 1. The molecular formula is C18H18F3N3O2. The normalized spacial score (nSPS) is 11.1. The highest BCUT2D eigenvalue weighted by Crippen LogP contribution is 2.28. The van der Waals surface area contributed by atoms with Gasteiger partial charge in [-0.3, -0.25) is 9.59 Å². The van der Waals surface area contributed by atoms with Crippen molar-refractivity contribution in [2.45, 2.75) is 19.5 Å². The van der Waals surface area contributed by atoms with Gasteiger partial charge in [0.15, 0.2) is 0 Å². The van der Waals surface area contributed by atoms with Crippen molar-refractivity contribution in [3.63, 3.8) is 0 Å². The summed E-state index contributed by atoms with van der Waals surface area (Å²) in [6.45, 7) is 1.70. The maximum absolute atomic E-state index is 12.6. The summed E-state index contributed by atoms with van der Waals surface area (Å²) in [4.78, 5) is 27.2. The van der Waals surface area contributed by atoms with Crippen LogP contribution in [0.15, 0.2) is 42.5 Å². The van der Waals surface area contributed by atoms with Crippen LogP contribution in [0.2, 0.25) is 0 Å². The zero-order chi connectivity index (χ0) is 19.2. The van der Waals surface area contributed by atoms with E-state index in [9.17, 15) is 22.8 Å². The average Bonchev–Trinajstić information content (AvgIpc) is 2.58. The zero-order valence-corrected chi connectivity index (χ0v) is 14.1. The lowest BCUT2D eigenvalue weighted by Gasteiger charge is -2.11. The molecule has 0 spiro atoms. The van der Waals surface area contributed by atoms with E-state index in [2.05, 4.69) is 15.6 Å². The quantitative estimate of drug-likeness (QED) is 0.773. The number of carbonyl (C=O) groups is 2. The molecule has 8 heteroatoms. The molecule has 0 aliphatic rings. The van der Waals surface area contributed by atoms with Crippen LogP contribution < -0.4 is 10.6 Å². The van der Waals surface area contributed by atoms with Gasteiger partial charge in [0.05, 0.1) is 17.7 Å². The van der Waals surface area contributed by atoms with E-state index in [1.165, 1.54) is 6.92 Å². The highest BCUT2D eigenvalue weighted by Gasteiger charge is 2.33. The standard InChI is InChI=1S/C18H18F3N3O2/c1-12-14(7-8-15(24-12)18(19,20)21)17(26)23-10-9-22-16(25)11-13-5-3-2-4-6-13/h2-8H,9-11H2,1H3,(H,22,25)(H,23,26). The van der Waals surface area contributed by atoms with Crippen molar-refractivity contribution in [3.05, 3.63) is 65.0 Å². The predicted molar refractivity (Wildman–Crippen MR) is 89.5 cm³/mol. The number of nitrogens with zero attached hydrogens (tertiary/aromatic N) is 1. The molecule has 0 bridgehead atoms. The van der Waals surface area contributed by atoms with Crippen molar-refractivity contribution in [1.82, 2.24) is 15.6 Å². The SMILES string of the molecule is Cc1nc(C(F)(F)F)ccc1C(=O)NCCNC(=O)Cc1ccccc1. The van der Waals surface area contributed by atoms with Gasteiger partial charge in [0.2, 0.25) is 5.91 Å². The fourth-order valence-electron chi connectivity index (χ4n) is 2.28. The highest BCUT2D eigenvalue weighted by atomic mass is 19.4. The number of rotatable bonds is 6. The second-order valence-electron chi connectivity index (χ2n) is 5.60. The van der Waals surface area contributed by atoms with Gasteiger partial charge in [-0.25, -0.2) is 4.98 Å². The first-order valence-corrected chi connectivity index (χ1v) is 7.91. The van der Waals surface area contributed by atoms with E-state index in [-0.39, 0.29) is 36.7 Å². The Bertz CT molecular complexity index is 777. The fraction of sp³-hybridized carbons (Fsp3) is 0.278. The summed E-state index contributed by atoms with van der Waals surface area (Å²) in [7, 11) is 0. The molecule has 26 heavy (non-hydrogen) atoms. The van der Waals surface area contributed by atoms with Gasteiger partial charge < -0.3 is 10.6 Å². The summed E-state index contributed by atoms with van der Waals surface area (Å²) in [6, 6.07) is 11.1. The van der Waals surface area contributed by atoms with Crippen LogP contribution in [-0.4, -0.2) is 29.9 Å². The van der Waals surface area contributed by atoms with Gasteiger partial charge in [-0.05, 0) is 24.6 Å². The third-order valence-electron chi connectivity index (χ3n) is 3.56. The molecule has 5 nitrogen and oxygen atoms in total. The first kappa shape index (κ1) is 19.4. The van der Waals surface area contributed by atoms with E-state index in [4.69, 9.17) is 0 Å². The fourth-order valence-corrected chi connectivity index (χ4v) is 2.28. The summed E-state index contributed by atoms with van der Waals surface area (Å²) in [5, 5.41) is 5.21. The number of aryl methyl sites for hydroxylation is 1. The minimum atomic E-state index is -4.55. The van der Waals surface area contributed by atoms with Crippen molar-refractivity contribution >= 4 is 11.8 Å². The van der Waals surface area contributed by atoms with E-state index in [1.807, 2.05) is 30.3 Å². The van der Waals surface area contributed by atoms with Crippen LogP contribution in [0.4, 0.5) is 13.2 Å². The molecule has 0 aliphatic heterocycles. The number of benzene rings is 1. The number of amides is 2. The zero-order valence-electron chi connectivity index (χ0n) is 14.1. The topological polar surface area (TPSA) is 71.1 Å². The number of hydrogen-bond acceptors (Lipinski definition) is 3. The average molecular weight is 365 g/mol. The number of hydrogen-bond donors (Lipinski definition) is 2. The second kappa shape index (κ2) is 8.46. The molecule has 0 aliphatic carbocycles. The number of aromatic nitrogens is 1. The Morgan fingerprint density at radius 3 is 2.27 bits per heavy atom. The molecule has 0 radical (unpaired) electrons. The summed E-state index contributed by atoms with van der Waals surface area (Å²) in [6.07, 6.45) is -4.32. The van der Waals surface area contributed by atoms with E-state index in [0.717, 1.165) is 17.7 Å². The van der Waals surface area contributed by atoms with E-state index in [1.54, 1.807) is 0 Å². The third-order valence-corrected chi connectivity index (χ3v) is 3.56. The monoisotopic (exact) mass is 365 g/mol. The minimum Gasteiger partial charge on any atom is -0.354 e. The number of alkyl halides is 3. The van der Waals surface area contributed by atoms with Crippen molar-refractivity contribution < 1.29 is 22.8 Å². The molecule has 2 amide bonds. The molecule has 1 aromatic carbocycles. The van der Waals surface area contributed by atoms with Crippen LogP contribution in [0.1, 0.15) is 27.3 Å². The first-order chi connectivity index (χ1) is 12.3. The molecular weight excluding hydrogens is 347 g/mol. The lowest BCUT2D eigenvalue weighted by molar-refractivity contribution is -0.141. The smallest absolute Gasteiger partial charge is 0.354 e. The Kier molecular flexibility index (Phi) is 6.32. The van der Waals surface area contributed by atoms with Gasteiger partial charge in [-0.2, -0.15) is 13.2 Å². The summed E-state index contributed by atoms with van der Waals surface area (Å²) in [5.74, 6) is -0.723. The summed E-state index contributed by atoms with van der Waals surface area (Å²) >= 11 is 0. The molecule has 1 aromatic heterocycles. The van der Waals surface area contributed by atoms with E-state index < -0.39 is 17.8 Å². The number of carbonyl (C=O) groups excluding carboxylic acids is 2. The molecule has 1 heterocycles. The van der Waals surface area contributed by atoms with Crippen LogP contribution in [0.5, 0.6) is 0 Å². The largest absolute Gasteiger partial charge is 0.433 e. The van der Waals surface area contributed by atoms with Gasteiger partial charge in [0.1, 0.15) is 5.69 Å². The molecule has 2 aromatic rings. The van der Waals surface area contributed by atoms with Crippen LogP contribution >= 0.6 is 0 Å². The molecule has 0 fully saturated rings. The Balaban J connectivity index is 1.79. The Morgan fingerprint density at radius 2 is 1.65 bits per heavy atom. The second-order valence-corrected chi connectivity index (χ2v) is 5.60. The van der Waals surface area contributed by atoms with Gasteiger partial charge >= 0.3 is 6.18 Å². The molecule has 0 saturated carbocycles. The molecule has 0 atom stereocenters. The van der Waals surface area contributed by atoms with E-state index in [0.29, 0.717) is 0 Å². The number of nitrogens with one attached hydrogen (secondary N) is 2. The Labute approximate surface area is 148 Å². The first-order valence-electron chi connectivity index (χ1n) is 7.91. The molecule has 0 unspecified atom stereocenters. The summed E-state index contributed by atoms with van der Waals surface area (Å²) in [5.41, 5.74) is -0.112. The summed E-state index contributed by atoms with van der Waals surface area (Å²) < 4.78 is 37.7. The third kappa shape index (κ3) is 5.58. The molecule has 2 rings (SSSR count). The Morgan fingerprint density at radius 1 is 1.00 bits per heavy atom.